The highest BCUT2D eigenvalue weighted by atomic mass is 19.1. The van der Waals surface area contributed by atoms with Crippen LogP contribution in [0.4, 0.5) is 4.39 Å². The molecule has 7 nitrogen and oxygen atoms in total. The fourth-order valence-electron chi connectivity index (χ4n) is 5.49. The number of hydrogen-bond acceptors (Lipinski definition) is 6. The van der Waals surface area contributed by atoms with Gasteiger partial charge in [0, 0.05) is 43.6 Å². The van der Waals surface area contributed by atoms with Crippen LogP contribution < -0.4 is 10.6 Å². The lowest BCUT2D eigenvalue weighted by molar-refractivity contribution is -0.132. The maximum absolute atomic E-state index is 14.6. The third-order valence-electron chi connectivity index (χ3n) is 7.46. The van der Waals surface area contributed by atoms with E-state index < -0.39 is 5.41 Å². The summed E-state index contributed by atoms with van der Waals surface area (Å²) < 4.78 is 20.2. The van der Waals surface area contributed by atoms with Crippen molar-refractivity contribution < 1.29 is 13.9 Å². The van der Waals surface area contributed by atoms with Gasteiger partial charge in [0.2, 0.25) is 5.91 Å². The third-order valence-corrected chi connectivity index (χ3v) is 7.46. The van der Waals surface area contributed by atoms with E-state index in [1.165, 1.54) is 12.1 Å². The van der Waals surface area contributed by atoms with Crippen LogP contribution in [0.3, 0.4) is 0 Å². The molecule has 1 saturated carbocycles. The Morgan fingerprint density at radius 1 is 1.33 bits per heavy atom. The van der Waals surface area contributed by atoms with E-state index in [2.05, 4.69) is 16.7 Å². The first kappa shape index (κ1) is 24.1. The molecule has 1 saturated heterocycles. The summed E-state index contributed by atoms with van der Waals surface area (Å²) in [7, 11) is 3.56. The Bertz CT molecular complexity index is 1240. The van der Waals surface area contributed by atoms with Gasteiger partial charge in [0.1, 0.15) is 11.2 Å². The Labute approximate surface area is 211 Å². The summed E-state index contributed by atoms with van der Waals surface area (Å²) in [5.74, 6) is 0.509. The highest BCUT2D eigenvalue weighted by molar-refractivity contribution is 5.90. The maximum atomic E-state index is 14.6. The number of hydrogen-bond donors (Lipinski definition) is 2. The molecule has 0 radical (unpaired) electrons. The molecule has 4 aliphatic rings. The minimum absolute atomic E-state index is 0.0778. The molecule has 8 heteroatoms. The Balaban J connectivity index is 1.33. The van der Waals surface area contributed by atoms with Gasteiger partial charge in [-0.2, -0.15) is 5.26 Å². The van der Waals surface area contributed by atoms with Crippen LogP contribution in [0.1, 0.15) is 37.3 Å². The van der Waals surface area contributed by atoms with Crippen LogP contribution in [0.5, 0.6) is 0 Å². The van der Waals surface area contributed by atoms with Gasteiger partial charge < -0.3 is 19.9 Å². The molecule has 188 valence electrons. The zero-order valence-corrected chi connectivity index (χ0v) is 21.0. The number of nitrogens with one attached hydrogen (secondary N) is 2. The molecule has 1 amide bonds. The predicted octanol–water partition coefficient (Wildman–Crippen LogP) is 3.60. The largest absolute Gasteiger partial charge is 0.482 e. The maximum Gasteiger partial charge on any atom is 0.247 e. The van der Waals surface area contributed by atoms with E-state index in [0.717, 1.165) is 47.5 Å². The number of methoxy groups -OCH3 is 1. The summed E-state index contributed by atoms with van der Waals surface area (Å²) in [6.45, 7) is 3.66. The Morgan fingerprint density at radius 3 is 2.86 bits per heavy atom. The highest BCUT2D eigenvalue weighted by Crippen LogP contribution is 2.52. The van der Waals surface area contributed by atoms with Gasteiger partial charge in [-0.15, -0.1) is 0 Å². The summed E-state index contributed by atoms with van der Waals surface area (Å²) in [5.41, 5.74) is 3.25. The molecule has 1 aliphatic carbocycles. The minimum atomic E-state index is -0.869. The first-order chi connectivity index (χ1) is 17.3. The number of allylic oxidation sites excluding steroid dienone is 4. The standard InChI is InChI=1S/C28H32FN5O2/c1-18-11-23(34-10-8-28(17-30,27(34)35)21-6-7-21)15-25(32-18)31-16-19-12-20(14-22(29)13-19)24-5-4-9-33(2)26(24)36-3/h4-5,11-15,21,25,31-32H,6-10,16H2,1-3H3. The van der Waals surface area contributed by atoms with Gasteiger partial charge in [-0.05, 0) is 73.6 Å². The number of nitrogens with zero attached hydrogens (tertiary/aromatic N) is 3. The van der Waals surface area contributed by atoms with E-state index in [1.807, 2.05) is 49.2 Å². The Morgan fingerprint density at radius 2 is 2.14 bits per heavy atom. The highest BCUT2D eigenvalue weighted by Gasteiger charge is 2.57. The Kier molecular flexibility index (Phi) is 6.35. The second-order valence-electron chi connectivity index (χ2n) is 10.0. The molecule has 5 rings (SSSR count). The van der Waals surface area contributed by atoms with Crippen LogP contribution in [0, 0.1) is 28.5 Å². The van der Waals surface area contributed by atoms with Gasteiger partial charge in [0.15, 0.2) is 5.88 Å². The van der Waals surface area contributed by atoms with E-state index >= 15 is 0 Å². The van der Waals surface area contributed by atoms with Gasteiger partial charge in [-0.25, -0.2) is 4.39 Å². The lowest BCUT2D eigenvalue weighted by Gasteiger charge is -2.29. The minimum Gasteiger partial charge on any atom is -0.482 e. The number of amides is 1. The second-order valence-corrected chi connectivity index (χ2v) is 10.0. The second kappa shape index (κ2) is 9.47. The molecule has 0 spiro atoms. The van der Waals surface area contributed by atoms with Crippen molar-refractivity contribution in [1.29, 1.82) is 5.26 Å². The molecule has 3 heterocycles. The average molecular weight is 490 g/mol. The van der Waals surface area contributed by atoms with E-state index in [4.69, 9.17) is 4.74 Å². The molecular formula is C28H32FN5O2. The summed E-state index contributed by atoms with van der Waals surface area (Å²) >= 11 is 0. The smallest absolute Gasteiger partial charge is 0.247 e. The SMILES string of the molecule is COC1=C(c2cc(F)cc(CNC3C=C(N4CCC(C#N)(C5CC5)C4=O)C=C(C)N3)c2)C=CCN1C. The topological polar surface area (TPSA) is 80.6 Å². The van der Waals surface area contributed by atoms with E-state index in [1.54, 1.807) is 12.0 Å². The molecule has 2 fully saturated rings. The van der Waals surface area contributed by atoms with Crippen molar-refractivity contribution >= 4 is 11.5 Å². The van der Waals surface area contributed by atoms with Crippen molar-refractivity contribution in [1.82, 2.24) is 20.4 Å². The van der Waals surface area contributed by atoms with Crippen molar-refractivity contribution in [2.75, 3.05) is 27.2 Å². The van der Waals surface area contributed by atoms with Gasteiger partial charge >= 0.3 is 0 Å². The van der Waals surface area contributed by atoms with Crippen molar-refractivity contribution in [3.63, 3.8) is 0 Å². The predicted molar refractivity (Wildman–Crippen MR) is 135 cm³/mol. The molecule has 1 aromatic rings. The lowest BCUT2D eigenvalue weighted by atomic mass is 9.83. The molecule has 0 aromatic heterocycles. The van der Waals surface area contributed by atoms with Crippen molar-refractivity contribution in [2.24, 2.45) is 11.3 Å². The van der Waals surface area contributed by atoms with E-state index in [-0.39, 0.29) is 23.8 Å². The molecule has 1 aromatic carbocycles. The summed E-state index contributed by atoms with van der Waals surface area (Å²) in [5, 5.41) is 16.6. The fraction of sp³-hybridized carbons (Fsp3) is 0.429. The van der Waals surface area contributed by atoms with Gasteiger partial charge in [-0.3, -0.25) is 10.1 Å². The van der Waals surface area contributed by atoms with Crippen molar-refractivity contribution in [2.45, 2.75) is 38.9 Å². The summed E-state index contributed by atoms with van der Waals surface area (Å²) in [6, 6.07) is 7.36. The summed E-state index contributed by atoms with van der Waals surface area (Å²) in [4.78, 5) is 17.0. The monoisotopic (exact) mass is 489 g/mol. The van der Waals surface area contributed by atoms with Crippen molar-refractivity contribution in [3.8, 4) is 6.07 Å². The van der Waals surface area contributed by atoms with Crippen LogP contribution in [0.2, 0.25) is 0 Å². The number of dihydropyridines is 1. The number of likely N-dealkylation sites (N-methyl/N-ethyl adjacent to an activating group) is 1. The molecule has 0 bridgehead atoms. The lowest BCUT2D eigenvalue weighted by Crippen LogP contribution is -2.43. The number of benzene rings is 1. The first-order valence-electron chi connectivity index (χ1n) is 12.4. The number of likely N-dealkylation sites (tertiary alicyclic amines) is 1. The number of carbonyl (C=O) groups is 1. The van der Waals surface area contributed by atoms with Crippen LogP contribution >= 0.6 is 0 Å². The molecular weight excluding hydrogens is 457 g/mol. The van der Waals surface area contributed by atoms with Gasteiger partial charge in [0.25, 0.3) is 0 Å². The Hall–Kier alpha value is -3.57. The van der Waals surface area contributed by atoms with Crippen LogP contribution in [-0.2, 0) is 16.1 Å². The van der Waals surface area contributed by atoms with Crippen LogP contribution in [0.15, 0.2) is 59.8 Å². The zero-order chi connectivity index (χ0) is 25.4. The summed E-state index contributed by atoms with van der Waals surface area (Å²) in [6.07, 6.45) is 10.2. The molecule has 2 atom stereocenters. The molecule has 2 unspecified atom stereocenters. The quantitative estimate of drug-likeness (QED) is 0.609. The number of ether oxygens (including phenoxy) is 1. The number of nitriles is 1. The number of halogens is 1. The molecule has 36 heavy (non-hydrogen) atoms. The van der Waals surface area contributed by atoms with Crippen LogP contribution in [-0.4, -0.2) is 49.1 Å². The number of rotatable bonds is 7. The van der Waals surface area contributed by atoms with Gasteiger partial charge in [-0.1, -0.05) is 12.2 Å². The first-order valence-corrected chi connectivity index (χ1v) is 12.4. The molecule has 2 N–H and O–H groups in total. The zero-order valence-electron chi connectivity index (χ0n) is 21.0. The van der Waals surface area contributed by atoms with Crippen molar-refractivity contribution in [3.05, 3.63) is 76.7 Å². The van der Waals surface area contributed by atoms with E-state index in [9.17, 15) is 14.4 Å². The fourth-order valence-corrected chi connectivity index (χ4v) is 5.49. The van der Waals surface area contributed by atoms with Crippen LogP contribution in [0.25, 0.3) is 5.57 Å². The number of carbonyl (C=O) groups excluding carboxylic acids is 1. The average Bonchev–Trinajstić information content (AvgIpc) is 3.65. The van der Waals surface area contributed by atoms with E-state index in [0.29, 0.717) is 25.4 Å². The van der Waals surface area contributed by atoms with Gasteiger partial charge in [0.05, 0.1) is 19.3 Å². The molecule has 3 aliphatic heterocycles. The normalized spacial score (nSPS) is 26.0. The third kappa shape index (κ3) is 4.40.